The van der Waals surface area contributed by atoms with Crippen LogP contribution in [0.3, 0.4) is 0 Å². The molecule has 1 aliphatic rings. The van der Waals surface area contributed by atoms with E-state index in [4.69, 9.17) is 0 Å². The predicted octanol–water partition coefficient (Wildman–Crippen LogP) is 2.13. The zero-order chi connectivity index (χ0) is 16.9. The molecule has 8 heteroatoms. The normalized spacial score (nSPS) is 19.2. The highest BCUT2D eigenvalue weighted by molar-refractivity contribution is 4.98. The number of rotatable bonds is 7. The Labute approximate surface area is 134 Å². The topological polar surface area (TPSA) is 50.5 Å². The number of aryl methyl sites for hydroxylation is 1. The van der Waals surface area contributed by atoms with Gasteiger partial charge in [0.15, 0.2) is 0 Å². The van der Waals surface area contributed by atoms with Crippen molar-refractivity contribution in [1.82, 2.24) is 14.5 Å². The molecule has 0 radical (unpaired) electrons. The summed E-state index contributed by atoms with van der Waals surface area (Å²) in [7, 11) is 1.86. The number of ether oxygens (including phenoxy) is 1. The maximum Gasteiger partial charge on any atom is 0.411 e. The van der Waals surface area contributed by atoms with Crippen LogP contribution in [0.4, 0.5) is 13.2 Å². The summed E-state index contributed by atoms with van der Waals surface area (Å²) in [5, 5.41) is 10.4. The van der Waals surface area contributed by atoms with Gasteiger partial charge in [0.25, 0.3) is 0 Å². The van der Waals surface area contributed by atoms with Crippen LogP contribution < -0.4 is 0 Å². The number of aromatic nitrogens is 2. The molecule has 1 fully saturated rings. The summed E-state index contributed by atoms with van der Waals surface area (Å²) in [5.41, 5.74) is 0. The molecule has 0 aliphatic carbocycles. The first kappa shape index (κ1) is 18.2. The second kappa shape index (κ2) is 8.12. The van der Waals surface area contributed by atoms with E-state index < -0.39 is 18.9 Å². The number of imidazole rings is 1. The third kappa shape index (κ3) is 5.78. The Balaban J connectivity index is 1.63. The Kier molecular flexibility index (Phi) is 6.43. The van der Waals surface area contributed by atoms with Crippen molar-refractivity contribution in [2.45, 2.75) is 31.5 Å². The van der Waals surface area contributed by atoms with E-state index in [0.29, 0.717) is 12.2 Å². The van der Waals surface area contributed by atoms with Gasteiger partial charge in [0.1, 0.15) is 18.5 Å². The highest BCUT2D eigenvalue weighted by atomic mass is 19.4. The molecule has 1 aliphatic heterocycles. The van der Waals surface area contributed by atoms with Gasteiger partial charge in [0.05, 0.1) is 0 Å². The molecule has 23 heavy (non-hydrogen) atoms. The van der Waals surface area contributed by atoms with Crippen LogP contribution in [0, 0.1) is 5.92 Å². The van der Waals surface area contributed by atoms with Gasteiger partial charge < -0.3 is 19.3 Å². The summed E-state index contributed by atoms with van der Waals surface area (Å²) >= 11 is 0. The first-order valence-corrected chi connectivity index (χ1v) is 7.89. The lowest BCUT2D eigenvalue weighted by Crippen LogP contribution is -2.37. The fraction of sp³-hybridized carbons (Fsp3) is 0.800. The molecular formula is C15H24F3N3O2. The second-order valence-electron chi connectivity index (χ2n) is 6.04. The van der Waals surface area contributed by atoms with Gasteiger partial charge in [-0.25, -0.2) is 4.98 Å². The van der Waals surface area contributed by atoms with E-state index in [1.165, 1.54) is 0 Å². The monoisotopic (exact) mass is 335 g/mol. The Bertz CT molecular complexity index is 471. The highest BCUT2D eigenvalue weighted by Gasteiger charge is 2.29. The van der Waals surface area contributed by atoms with Gasteiger partial charge in [-0.2, -0.15) is 13.2 Å². The van der Waals surface area contributed by atoms with E-state index in [-0.39, 0.29) is 12.5 Å². The molecule has 1 saturated heterocycles. The predicted molar refractivity (Wildman–Crippen MR) is 78.8 cm³/mol. The molecule has 1 aromatic rings. The molecule has 0 aromatic carbocycles. The van der Waals surface area contributed by atoms with E-state index in [1.54, 1.807) is 6.20 Å². The van der Waals surface area contributed by atoms with Crippen molar-refractivity contribution in [3.8, 4) is 0 Å². The molecule has 0 bridgehead atoms. The number of hydrogen-bond acceptors (Lipinski definition) is 4. The number of aliphatic hydroxyl groups is 1. The van der Waals surface area contributed by atoms with Gasteiger partial charge in [-0.1, -0.05) is 0 Å². The molecular weight excluding hydrogens is 311 g/mol. The number of halogens is 3. The van der Waals surface area contributed by atoms with Crippen LogP contribution in [0.25, 0.3) is 0 Å². The van der Waals surface area contributed by atoms with Crippen LogP contribution in [-0.4, -0.2) is 58.6 Å². The maximum atomic E-state index is 11.9. The Hall–Kier alpha value is -1.12. The number of nitrogens with zero attached hydrogens (tertiary/aromatic N) is 3. The molecule has 0 spiro atoms. The van der Waals surface area contributed by atoms with Crippen molar-refractivity contribution in [1.29, 1.82) is 0 Å². The van der Waals surface area contributed by atoms with Crippen molar-refractivity contribution in [3.05, 3.63) is 18.2 Å². The molecule has 0 saturated carbocycles. The maximum absolute atomic E-state index is 11.9. The average molecular weight is 335 g/mol. The summed E-state index contributed by atoms with van der Waals surface area (Å²) in [4.78, 5) is 6.40. The Morgan fingerprint density at radius 1 is 1.39 bits per heavy atom. The van der Waals surface area contributed by atoms with E-state index in [0.717, 1.165) is 32.5 Å². The molecule has 0 amide bonds. The van der Waals surface area contributed by atoms with E-state index >= 15 is 0 Å². The largest absolute Gasteiger partial charge is 0.411 e. The Morgan fingerprint density at radius 2 is 2.09 bits per heavy atom. The molecule has 1 aromatic heterocycles. The molecule has 1 unspecified atom stereocenters. The van der Waals surface area contributed by atoms with Gasteiger partial charge in [-0.3, -0.25) is 0 Å². The number of likely N-dealkylation sites (tertiary alicyclic amines) is 1. The SMILES string of the molecule is Cn1ccnc1C(O)C1CCN(CCCOCC(F)(F)F)CC1. The molecule has 5 nitrogen and oxygen atoms in total. The van der Waals surface area contributed by atoms with Crippen LogP contribution in [0.15, 0.2) is 12.4 Å². The molecule has 2 rings (SSSR count). The van der Waals surface area contributed by atoms with E-state index in [9.17, 15) is 18.3 Å². The minimum absolute atomic E-state index is 0.120. The summed E-state index contributed by atoms with van der Waals surface area (Å²) in [6, 6.07) is 0. The van der Waals surface area contributed by atoms with Crippen LogP contribution in [-0.2, 0) is 11.8 Å². The zero-order valence-corrected chi connectivity index (χ0v) is 13.3. The third-order valence-electron chi connectivity index (χ3n) is 4.23. The van der Waals surface area contributed by atoms with Crippen molar-refractivity contribution < 1.29 is 23.0 Å². The van der Waals surface area contributed by atoms with Crippen molar-refractivity contribution in [2.75, 3.05) is 32.8 Å². The first-order valence-electron chi connectivity index (χ1n) is 7.89. The quantitative estimate of drug-likeness (QED) is 0.776. The summed E-state index contributed by atoms with van der Waals surface area (Å²) < 4.78 is 42.2. The third-order valence-corrected chi connectivity index (χ3v) is 4.23. The lowest BCUT2D eigenvalue weighted by atomic mass is 9.90. The van der Waals surface area contributed by atoms with Crippen LogP contribution >= 0.6 is 0 Å². The van der Waals surface area contributed by atoms with Crippen molar-refractivity contribution >= 4 is 0 Å². The van der Waals surface area contributed by atoms with Gasteiger partial charge in [0, 0.05) is 32.6 Å². The fourth-order valence-corrected chi connectivity index (χ4v) is 2.94. The van der Waals surface area contributed by atoms with Crippen molar-refractivity contribution in [3.63, 3.8) is 0 Å². The second-order valence-corrected chi connectivity index (χ2v) is 6.04. The standard InChI is InChI=1S/C15H24F3N3O2/c1-20-9-5-19-14(20)13(22)12-3-7-21(8-4-12)6-2-10-23-11-15(16,17)18/h5,9,12-13,22H,2-4,6-8,10-11H2,1H3. The number of alkyl halides is 3. The highest BCUT2D eigenvalue weighted by Crippen LogP contribution is 2.29. The van der Waals surface area contributed by atoms with Gasteiger partial charge in [0.2, 0.25) is 0 Å². The fourth-order valence-electron chi connectivity index (χ4n) is 2.94. The number of piperidine rings is 1. The van der Waals surface area contributed by atoms with Gasteiger partial charge >= 0.3 is 6.18 Å². The van der Waals surface area contributed by atoms with E-state index in [2.05, 4.69) is 14.6 Å². The average Bonchev–Trinajstić information content (AvgIpc) is 2.92. The Morgan fingerprint density at radius 3 is 2.65 bits per heavy atom. The zero-order valence-electron chi connectivity index (χ0n) is 13.3. The molecule has 2 heterocycles. The van der Waals surface area contributed by atoms with Crippen LogP contribution in [0.1, 0.15) is 31.2 Å². The summed E-state index contributed by atoms with van der Waals surface area (Å²) in [5.74, 6) is 0.859. The van der Waals surface area contributed by atoms with Gasteiger partial charge in [-0.15, -0.1) is 0 Å². The lowest BCUT2D eigenvalue weighted by molar-refractivity contribution is -0.174. The molecule has 132 valence electrons. The number of hydrogen-bond donors (Lipinski definition) is 1. The summed E-state index contributed by atoms with van der Waals surface area (Å²) in [6.07, 6.45) is 0.979. The smallest absolute Gasteiger partial charge is 0.385 e. The van der Waals surface area contributed by atoms with Crippen LogP contribution in [0.5, 0.6) is 0 Å². The van der Waals surface area contributed by atoms with Gasteiger partial charge in [-0.05, 0) is 38.3 Å². The minimum Gasteiger partial charge on any atom is -0.385 e. The van der Waals surface area contributed by atoms with Crippen LogP contribution in [0.2, 0.25) is 0 Å². The first-order chi connectivity index (χ1) is 10.9. The van der Waals surface area contributed by atoms with Crippen molar-refractivity contribution in [2.24, 2.45) is 13.0 Å². The molecule has 1 N–H and O–H groups in total. The lowest BCUT2D eigenvalue weighted by Gasteiger charge is -2.34. The summed E-state index contributed by atoms with van der Waals surface area (Å²) in [6.45, 7) is 1.35. The number of aliphatic hydroxyl groups excluding tert-OH is 1. The molecule has 1 atom stereocenters. The van der Waals surface area contributed by atoms with E-state index in [1.807, 2.05) is 17.8 Å². The minimum atomic E-state index is -4.25.